The molecule has 0 saturated carbocycles. The van der Waals surface area contributed by atoms with E-state index in [1.165, 1.54) is 0 Å². The average molecular weight is 234 g/mol. The van der Waals surface area contributed by atoms with Crippen molar-refractivity contribution in [3.63, 3.8) is 0 Å². The van der Waals surface area contributed by atoms with E-state index in [9.17, 15) is 0 Å². The molecule has 0 atom stereocenters. The average Bonchev–Trinajstić information content (AvgIpc) is 2.46. The highest BCUT2D eigenvalue weighted by Crippen LogP contribution is 2.19. The molecule has 2 aromatic rings. The molecule has 2 aromatic carbocycles. The Labute approximate surface area is 107 Å². The highest BCUT2D eigenvalue weighted by atomic mass is 15.1. The van der Waals surface area contributed by atoms with Crippen LogP contribution in [0.5, 0.6) is 0 Å². The van der Waals surface area contributed by atoms with Crippen LogP contribution in [0, 0.1) is 0 Å². The van der Waals surface area contributed by atoms with Crippen LogP contribution in [0.25, 0.3) is 12.2 Å². The van der Waals surface area contributed by atoms with Crippen molar-refractivity contribution in [1.29, 1.82) is 0 Å². The van der Waals surface area contributed by atoms with Gasteiger partial charge in [-0.2, -0.15) is 10.2 Å². The summed E-state index contributed by atoms with van der Waals surface area (Å²) in [6, 6.07) is 15.5. The van der Waals surface area contributed by atoms with Crippen LogP contribution >= 0.6 is 0 Å². The first kappa shape index (κ1) is 12.0. The smallest absolute Gasteiger partial charge is 0.0857 e. The third kappa shape index (κ3) is 3.01. The quantitative estimate of drug-likeness (QED) is 0.634. The van der Waals surface area contributed by atoms with Gasteiger partial charge in [0.25, 0.3) is 0 Å². The lowest BCUT2D eigenvalue weighted by molar-refractivity contribution is 1.23. The Morgan fingerprint density at radius 3 is 1.22 bits per heavy atom. The Morgan fingerprint density at radius 1 is 0.611 bits per heavy atom. The first-order valence-corrected chi connectivity index (χ1v) is 5.68. The summed E-state index contributed by atoms with van der Waals surface area (Å²) in [4.78, 5) is 0. The summed E-state index contributed by atoms with van der Waals surface area (Å²) in [5, 5.41) is 8.34. The second kappa shape index (κ2) is 5.73. The van der Waals surface area contributed by atoms with E-state index in [2.05, 4.69) is 23.4 Å². The zero-order chi connectivity index (χ0) is 12.8. The number of azo groups is 1. The molecule has 0 aliphatic rings. The van der Waals surface area contributed by atoms with Gasteiger partial charge in [0.15, 0.2) is 0 Å². The van der Waals surface area contributed by atoms with E-state index in [0.29, 0.717) is 0 Å². The number of hydrogen-bond acceptors (Lipinski definition) is 2. The van der Waals surface area contributed by atoms with Crippen LogP contribution in [0.2, 0.25) is 0 Å². The molecule has 0 radical (unpaired) electrons. The fourth-order valence-corrected chi connectivity index (χ4v) is 1.47. The molecule has 0 saturated heterocycles. The predicted octanol–water partition coefficient (Wildman–Crippen LogP) is 5.39. The van der Waals surface area contributed by atoms with E-state index in [4.69, 9.17) is 0 Å². The maximum absolute atomic E-state index is 4.17. The normalized spacial score (nSPS) is 10.4. The van der Waals surface area contributed by atoms with Crippen LogP contribution in [-0.4, -0.2) is 0 Å². The van der Waals surface area contributed by atoms with Crippen LogP contribution in [0.15, 0.2) is 71.9 Å². The first-order chi connectivity index (χ1) is 8.81. The molecule has 2 rings (SSSR count). The third-order valence-corrected chi connectivity index (χ3v) is 2.54. The SMILES string of the molecule is C=Cc1ccc(N=Nc2ccc(C=C)cc2)cc1. The van der Waals surface area contributed by atoms with E-state index < -0.39 is 0 Å². The van der Waals surface area contributed by atoms with Gasteiger partial charge in [-0.1, -0.05) is 49.6 Å². The molecule has 0 aromatic heterocycles. The lowest BCUT2D eigenvalue weighted by Crippen LogP contribution is -1.70. The highest BCUT2D eigenvalue weighted by Gasteiger charge is 1.91. The van der Waals surface area contributed by atoms with Gasteiger partial charge in [0.1, 0.15) is 0 Å². The molecule has 0 unspecified atom stereocenters. The zero-order valence-electron chi connectivity index (χ0n) is 10.1. The van der Waals surface area contributed by atoms with Gasteiger partial charge in [-0.15, -0.1) is 0 Å². The van der Waals surface area contributed by atoms with Gasteiger partial charge in [-0.3, -0.25) is 0 Å². The molecule has 2 nitrogen and oxygen atoms in total. The number of hydrogen-bond donors (Lipinski definition) is 0. The minimum Gasteiger partial charge on any atom is -0.151 e. The predicted molar refractivity (Wildman–Crippen MR) is 77.2 cm³/mol. The van der Waals surface area contributed by atoms with E-state index >= 15 is 0 Å². The van der Waals surface area contributed by atoms with Gasteiger partial charge in [0, 0.05) is 0 Å². The lowest BCUT2D eigenvalue weighted by Gasteiger charge is -1.96. The monoisotopic (exact) mass is 234 g/mol. The second-order valence-electron chi connectivity index (χ2n) is 3.79. The van der Waals surface area contributed by atoms with Crippen LogP contribution < -0.4 is 0 Å². The first-order valence-electron chi connectivity index (χ1n) is 5.68. The Morgan fingerprint density at radius 2 is 0.944 bits per heavy atom. The summed E-state index contributed by atoms with van der Waals surface area (Å²) in [6.07, 6.45) is 3.60. The standard InChI is InChI=1S/C16H14N2/c1-3-13-5-9-15(10-6-13)17-18-16-11-7-14(4-2)8-12-16/h3-12H,1-2H2. The molecular formula is C16H14N2. The van der Waals surface area contributed by atoms with Crippen molar-refractivity contribution in [2.24, 2.45) is 10.2 Å². The molecule has 0 fully saturated rings. The van der Waals surface area contributed by atoms with Crippen LogP contribution in [0.4, 0.5) is 11.4 Å². The molecule has 0 N–H and O–H groups in total. The van der Waals surface area contributed by atoms with Crippen molar-refractivity contribution < 1.29 is 0 Å². The summed E-state index contributed by atoms with van der Waals surface area (Å²) in [5.41, 5.74) is 3.80. The Hall–Kier alpha value is -2.48. The van der Waals surface area contributed by atoms with Crippen molar-refractivity contribution >= 4 is 23.5 Å². The Balaban J connectivity index is 2.13. The summed E-state index contributed by atoms with van der Waals surface area (Å²) in [5.74, 6) is 0. The molecule has 0 spiro atoms. The minimum atomic E-state index is 0.827. The maximum atomic E-state index is 4.17. The van der Waals surface area contributed by atoms with Crippen LogP contribution in [0.1, 0.15) is 11.1 Å². The van der Waals surface area contributed by atoms with Crippen molar-refractivity contribution in [3.8, 4) is 0 Å². The molecule has 0 heterocycles. The van der Waals surface area contributed by atoms with Gasteiger partial charge in [-0.25, -0.2) is 0 Å². The summed E-state index contributed by atoms with van der Waals surface area (Å²) < 4.78 is 0. The maximum Gasteiger partial charge on any atom is 0.0857 e. The van der Waals surface area contributed by atoms with Crippen LogP contribution in [0.3, 0.4) is 0 Å². The van der Waals surface area contributed by atoms with Crippen molar-refractivity contribution in [2.45, 2.75) is 0 Å². The molecule has 0 amide bonds. The third-order valence-electron chi connectivity index (χ3n) is 2.54. The van der Waals surface area contributed by atoms with Gasteiger partial charge < -0.3 is 0 Å². The molecule has 2 heteroatoms. The van der Waals surface area contributed by atoms with Gasteiger partial charge in [0.05, 0.1) is 11.4 Å². The van der Waals surface area contributed by atoms with Crippen molar-refractivity contribution in [1.82, 2.24) is 0 Å². The zero-order valence-corrected chi connectivity index (χ0v) is 10.1. The molecule has 0 aliphatic heterocycles. The Kier molecular flexibility index (Phi) is 3.82. The summed E-state index contributed by atoms with van der Waals surface area (Å²) in [7, 11) is 0. The molecule has 18 heavy (non-hydrogen) atoms. The topological polar surface area (TPSA) is 24.7 Å². The fraction of sp³-hybridized carbons (Fsp3) is 0. The summed E-state index contributed by atoms with van der Waals surface area (Å²) >= 11 is 0. The molecule has 88 valence electrons. The molecule has 0 bridgehead atoms. The van der Waals surface area contributed by atoms with E-state index in [1.54, 1.807) is 12.2 Å². The Bertz CT molecular complexity index is 510. The van der Waals surface area contributed by atoms with Crippen molar-refractivity contribution in [2.75, 3.05) is 0 Å². The van der Waals surface area contributed by atoms with E-state index in [1.807, 2.05) is 48.5 Å². The summed E-state index contributed by atoms with van der Waals surface area (Å²) in [6.45, 7) is 7.42. The van der Waals surface area contributed by atoms with Crippen LogP contribution in [-0.2, 0) is 0 Å². The number of benzene rings is 2. The fourth-order valence-electron chi connectivity index (χ4n) is 1.47. The second-order valence-corrected chi connectivity index (χ2v) is 3.79. The van der Waals surface area contributed by atoms with Gasteiger partial charge >= 0.3 is 0 Å². The largest absolute Gasteiger partial charge is 0.151 e. The van der Waals surface area contributed by atoms with Gasteiger partial charge in [-0.05, 0) is 35.4 Å². The number of rotatable bonds is 4. The van der Waals surface area contributed by atoms with Gasteiger partial charge in [0.2, 0.25) is 0 Å². The van der Waals surface area contributed by atoms with E-state index in [0.717, 1.165) is 22.5 Å². The number of nitrogens with zero attached hydrogens (tertiary/aromatic N) is 2. The molecular weight excluding hydrogens is 220 g/mol. The highest BCUT2D eigenvalue weighted by molar-refractivity contribution is 5.53. The molecule has 0 aliphatic carbocycles. The lowest BCUT2D eigenvalue weighted by atomic mass is 10.2. The van der Waals surface area contributed by atoms with Crippen molar-refractivity contribution in [3.05, 3.63) is 72.8 Å². The van der Waals surface area contributed by atoms with E-state index in [-0.39, 0.29) is 0 Å². The minimum absolute atomic E-state index is 0.827.